The summed E-state index contributed by atoms with van der Waals surface area (Å²) < 4.78 is 29.6. The Labute approximate surface area is 157 Å². The first-order chi connectivity index (χ1) is 12.4. The Hall–Kier alpha value is -1.71. The molecule has 0 spiro atoms. The molecule has 2 aromatic heterocycles. The summed E-state index contributed by atoms with van der Waals surface area (Å²) in [4.78, 5) is 19.1. The quantitative estimate of drug-likeness (QED) is 0.812. The van der Waals surface area contributed by atoms with Crippen LogP contribution in [0.15, 0.2) is 22.5 Å². The summed E-state index contributed by atoms with van der Waals surface area (Å²) >= 11 is 1.45. The lowest BCUT2D eigenvalue weighted by Crippen LogP contribution is -2.31. The molecule has 3 heterocycles. The van der Waals surface area contributed by atoms with Crippen molar-refractivity contribution in [3.8, 4) is 10.7 Å². The molecule has 9 heteroatoms. The van der Waals surface area contributed by atoms with Gasteiger partial charge in [-0.2, -0.15) is 0 Å². The Bertz CT molecular complexity index is 922. The highest BCUT2D eigenvalue weighted by atomic mass is 32.2. The number of aromatic nitrogens is 2. The molecule has 2 aliphatic rings. The van der Waals surface area contributed by atoms with Gasteiger partial charge < -0.3 is 9.47 Å². The zero-order valence-electron chi connectivity index (χ0n) is 14.6. The zero-order chi connectivity index (χ0) is 18.3. The number of nitrogens with one attached hydrogen (secondary N) is 1. The van der Waals surface area contributed by atoms with Crippen molar-refractivity contribution in [1.29, 1.82) is 0 Å². The van der Waals surface area contributed by atoms with Crippen molar-refractivity contribution in [3.63, 3.8) is 0 Å². The van der Waals surface area contributed by atoms with Crippen LogP contribution in [0.2, 0.25) is 0 Å². The van der Waals surface area contributed by atoms with Crippen molar-refractivity contribution >= 4 is 27.3 Å². The third-order valence-corrected chi connectivity index (χ3v) is 7.15. The minimum absolute atomic E-state index is 0.0201. The molecule has 1 saturated carbocycles. The van der Waals surface area contributed by atoms with E-state index in [0.29, 0.717) is 5.69 Å². The predicted octanol–water partition coefficient (Wildman–Crippen LogP) is 1.98. The van der Waals surface area contributed by atoms with Crippen LogP contribution < -0.4 is 4.72 Å². The zero-order valence-corrected chi connectivity index (χ0v) is 16.3. The minimum Gasteiger partial charge on any atom is -0.341 e. The number of aryl methyl sites for hydroxylation is 1. The van der Waals surface area contributed by atoms with Crippen LogP contribution in [0, 0.1) is 6.92 Å². The van der Waals surface area contributed by atoms with Gasteiger partial charge in [0.05, 0.1) is 5.69 Å². The molecule has 1 aliphatic carbocycles. The first-order valence-electron chi connectivity index (χ1n) is 8.85. The van der Waals surface area contributed by atoms with Crippen LogP contribution in [-0.4, -0.2) is 47.9 Å². The summed E-state index contributed by atoms with van der Waals surface area (Å²) in [5.74, 6) is 0.0201. The molecule has 7 nitrogen and oxygen atoms in total. The maximum atomic E-state index is 12.6. The minimum atomic E-state index is -3.57. The van der Waals surface area contributed by atoms with Gasteiger partial charge in [-0.15, -0.1) is 11.3 Å². The van der Waals surface area contributed by atoms with E-state index >= 15 is 0 Å². The first-order valence-corrected chi connectivity index (χ1v) is 11.2. The van der Waals surface area contributed by atoms with Gasteiger partial charge in [-0.05, 0) is 38.7 Å². The lowest BCUT2D eigenvalue weighted by molar-refractivity contribution is -0.130. The van der Waals surface area contributed by atoms with E-state index in [1.807, 2.05) is 17.2 Å². The molecule has 4 rings (SSSR count). The number of carbonyl (C=O) groups is 1. The number of nitrogens with zero attached hydrogens (tertiary/aromatic N) is 3. The number of thiazole rings is 1. The monoisotopic (exact) mass is 394 g/mol. The lowest BCUT2D eigenvalue weighted by atomic mass is 10.4. The predicted molar refractivity (Wildman–Crippen MR) is 99.4 cm³/mol. The van der Waals surface area contributed by atoms with Gasteiger partial charge in [0, 0.05) is 36.4 Å². The number of carbonyl (C=O) groups excluding carboxylic acids is 1. The van der Waals surface area contributed by atoms with E-state index in [1.54, 1.807) is 16.8 Å². The van der Waals surface area contributed by atoms with Gasteiger partial charge in [0.1, 0.15) is 16.4 Å². The fourth-order valence-corrected chi connectivity index (χ4v) is 5.28. The van der Waals surface area contributed by atoms with Gasteiger partial charge in [0.15, 0.2) is 0 Å². The number of hydrogen-bond donors (Lipinski definition) is 1. The van der Waals surface area contributed by atoms with E-state index in [0.717, 1.165) is 49.5 Å². The Morgan fingerprint density at radius 1 is 1.35 bits per heavy atom. The van der Waals surface area contributed by atoms with Gasteiger partial charge in [0.25, 0.3) is 0 Å². The fourth-order valence-electron chi connectivity index (χ4n) is 3.11. The summed E-state index contributed by atoms with van der Waals surface area (Å²) in [7, 11) is -3.57. The van der Waals surface area contributed by atoms with Crippen molar-refractivity contribution in [2.24, 2.45) is 0 Å². The molecule has 1 saturated heterocycles. The van der Waals surface area contributed by atoms with Crippen molar-refractivity contribution in [3.05, 3.63) is 23.3 Å². The van der Waals surface area contributed by atoms with Crippen LogP contribution in [0.4, 0.5) is 0 Å². The third kappa shape index (κ3) is 3.70. The highest BCUT2D eigenvalue weighted by molar-refractivity contribution is 7.89. The molecular weight excluding hydrogens is 372 g/mol. The normalized spacial score (nSPS) is 17.8. The third-order valence-electron chi connectivity index (χ3n) is 4.68. The maximum Gasteiger partial charge on any atom is 0.242 e. The summed E-state index contributed by atoms with van der Waals surface area (Å²) in [6.45, 7) is 3.59. The summed E-state index contributed by atoms with van der Waals surface area (Å²) in [5.41, 5.74) is 1.55. The number of hydrogen-bond acceptors (Lipinski definition) is 5. The molecule has 0 atom stereocenters. The number of sulfonamides is 1. The van der Waals surface area contributed by atoms with Gasteiger partial charge >= 0.3 is 0 Å². The van der Waals surface area contributed by atoms with Crippen LogP contribution in [-0.2, 0) is 21.4 Å². The molecule has 2 fully saturated rings. The second-order valence-corrected chi connectivity index (χ2v) is 9.54. The number of rotatable bonds is 6. The van der Waals surface area contributed by atoms with Gasteiger partial charge in [-0.25, -0.2) is 18.1 Å². The van der Waals surface area contributed by atoms with E-state index in [9.17, 15) is 13.2 Å². The molecule has 0 radical (unpaired) electrons. The SMILES string of the molecule is Cc1csc(-c2cc(S(=O)(=O)NC3CC3)cn2CC(=O)N2CCCC2)n1. The van der Waals surface area contributed by atoms with E-state index in [4.69, 9.17) is 0 Å². The van der Waals surface area contributed by atoms with Crippen LogP contribution in [0.25, 0.3) is 10.7 Å². The van der Waals surface area contributed by atoms with Crippen molar-refractivity contribution in [2.75, 3.05) is 13.1 Å². The molecule has 26 heavy (non-hydrogen) atoms. The molecule has 0 bridgehead atoms. The van der Waals surface area contributed by atoms with Gasteiger partial charge in [-0.1, -0.05) is 0 Å². The van der Waals surface area contributed by atoms with Crippen molar-refractivity contribution < 1.29 is 13.2 Å². The van der Waals surface area contributed by atoms with E-state index in [-0.39, 0.29) is 23.4 Å². The molecule has 2 aromatic rings. The summed E-state index contributed by atoms with van der Waals surface area (Å²) in [5, 5.41) is 2.65. The van der Waals surface area contributed by atoms with E-state index in [2.05, 4.69) is 9.71 Å². The molecular formula is C17H22N4O3S2. The fraction of sp³-hybridized carbons (Fsp3) is 0.529. The van der Waals surface area contributed by atoms with E-state index < -0.39 is 10.0 Å². The highest BCUT2D eigenvalue weighted by Gasteiger charge is 2.30. The summed E-state index contributed by atoms with van der Waals surface area (Å²) in [6, 6.07) is 1.67. The number of amides is 1. The first kappa shape index (κ1) is 17.7. The van der Waals surface area contributed by atoms with Gasteiger partial charge in [-0.3, -0.25) is 4.79 Å². The van der Waals surface area contributed by atoms with Crippen molar-refractivity contribution in [1.82, 2.24) is 19.2 Å². The smallest absolute Gasteiger partial charge is 0.242 e. The standard InChI is InChI=1S/C17H22N4O3S2/c1-12-11-25-17(18-12)15-8-14(26(23,24)19-13-4-5-13)9-21(15)10-16(22)20-6-2-3-7-20/h8-9,11,13,19H,2-7,10H2,1H3. The van der Waals surface area contributed by atoms with Crippen LogP contribution in [0.5, 0.6) is 0 Å². The average molecular weight is 395 g/mol. The molecule has 140 valence electrons. The van der Waals surface area contributed by atoms with E-state index in [1.165, 1.54) is 11.3 Å². The Kier molecular flexibility index (Phi) is 4.62. The average Bonchev–Trinajstić information content (AvgIpc) is 3.01. The van der Waals surface area contributed by atoms with Crippen molar-refractivity contribution in [2.45, 2.75) is 50.1 Å². The molecule has 1 N–H and O–H groups in total. The lowest BCUT2D eigenvalue weighted by Gasteiger charge is -2.16. The van der Waals surface area contributed by atoms with Gasteiger partial charge in [0.2, 0.25) is 15.9 Å². The molecule has 0 aromatic carbocycles. The summed E-state index contributed by atoms with van der Waals surface area (Å²) in [6.07, 6.45) is 5.38. The number of likely N-dealkylation sites (tertiary alicyclic amines) is 1. The van der Waals surface area contributed by atoms with Crippen LogP contribution in [0.1, 0.15) is 31.4 Å². The van der Waals surface area contributed by atoms with Crippen LogP contribution >= 0.6 is 11.3 Å². The molecule has 1 amide bonds. The Balaban J connectivity index is 1.66. The molecule has 0 unspecified atom stereocenters. The molecule has 1 aliphatic heterocycles. The Morgan fingerprint density at radius 3 is 2.69 bits per heavy atom. The topological polar surface area (TPSA) is 84.3 Å². The Morgan fingerprint density at radius 2 is 2.08 bits per heavy atom. The van der Waals surface area contributed by atoms with Crippen LogP contribution in [0.3, 0.4) is 0 Å². The second-order valence-electron chi connectivity index (χ2n) is 6.97. The maximum absolute atomic E-state index is 12.6. The second kappa shape index (κ2) is 6.79. The largest absolute Gasteiger partial charge is 0.341 e. The highest BCUT2D eigenvalue weighted by Crippen LogP contribution is 2.29.